The Balaban J connectivity index is 2.13. The van der Waals surface area contributed by atoms with Gasteiger partial charge in [-0.1, -0.05) is 13.3 Å². The molecule has 0 unspecified atom stereocenters. The fourth-order valence-electron chi connectivity index (χ4n) is 1.79. The van der Waals surface area contributed by atoms with Gasteiger partial charge in [0.05, 0.1) is 0 Å². The van der Waals surface area contributed by atoms with Gasteiger partial charge in [-0.15, -0.1) is 0 Å². The number of anilines is 2. The van der Waals surface area contributed by atoms with Crippen LogP contribution in [-0.2, 0) is 6.54 Å². The molecule has 0 spiro atoms. The average molecular weight is 247 g/mol. The van der Waals surface area contributed by atoms with Crippen LogP contribution in [0.15, 0.2) is 30.6 Å². The molecule has 0 radical (unpaired) electrons. The lowest BCUT2D eigenvalue weighted by molar-refractivity contribution is 0.618. The summed E-state index contributed by atoms with van der Waals surface area (Å²) in [4.78, 5) is 4.27. The standard InChI is InChI=1S/C14H18FN3/c1-3-4-8-18-9-7-16-14(18)17-12-5-6-13(15)11(2)10-12/h5-7,9-10H,3-4,8H2,1-2H3,(H,16,17). The topological polar surface area (TPSA) is 29.9 Å². The largest absolute Gasteiger partial charge is 0.326 e. The Morgan fingerprint density at radius 3 is 2.94 bits per heavy atom. The molecule has 0 amide bonds. The second-order valence-corrected chi connectivity index (χ2v) is 4.39. The average Bonchev–Trinajstić information content (AvgIpc) is 2.79. The van der Waals surface area contributed by atoms with Crippen molar-refractivity contribution in [1.29, 1.82) is 0 Å². The summed E-state index contributed by atoms with van der Waals surface area (Å²) in [5.41, 5.74) is 1.49. The number of rotatable bonds is 5. The molecule has 0 atom stereocenters. The lowest BCUT2D eigenvalue weighted by Gasteiger charge is -2.10. The second-order valence-electron chi connectivity index (χ2n) is 4.39. The van der Waals surface area contributed by atoms with E-state index < -0.39 is 0 Å². The molecular formula is C14H18FN3. The number of nitrogens with one attached hydrogen (secondary N) is 1. The van der Waals surface area contributed by atoms with Crippen LogP contribution >= 0.6 is 0 Å². The summed E-state index contributed by atoms with van der Waals surface area (Å²) in [6.45, 7) is 4.86. The predicted molar refractivity (Wildman–Crippen MR) is 71.6 cm³/mol. The SMILES string of the molecule is CCCCn1ccnc1Nc1ccc(F)c(C)c1. The third-order valence-electron chi connectivity index (χ3n) is 2.88. The zero-order valence-electron chi connectivity index (χ0n) is 10.8. The van der Waals surface area contributed by atoms with Gasteiger partial charge >= 0.3 is 0 Å². The van der Waals surface area contributed by atoms with Crippen LogP contribution < -0.4 is 5.32 Å². The summed E-state index contributed by atoms with van der Waals surface area (Å²) in [6, 6.07) is 4.98. The van der Waals surface area contributed by atoms with Crippen molar-refractivity contribution in [1.82, 2.24) is 9.55 Å². The van der Waals surface area contributed by atoms with Crippen LogP contribution in [0.25, 0.3) is 0 Å². The second kappa shape index (κ2) is 5.67. The van der Waals surface area contributed by atoms with E-state index in [1.807, 2.05) is 6.20 Å². The van der Waals surface area contributed by atoms with Crippen LogP contribution in [0, 0.1) is 12.7 Å². The summed E-state index contributed by atoms with van der Waals surface area (Å²) >= 11 is 0. The number of benzene rings is 1. The van der Waals surface area contributed by atoms with Gasteiger partial charge in [-0.2, -0.15) is 0 Å². The van der Waals surface area contributed by atoms with Crippen LogP contribution in [0.4, 0.5) is 16.0 Å². The van der Waals surface area contributed by atoms with Gasteiger partial charge in [-0.05, 0) is 37.1 Å². The minimum absolute atomic E-state index is 0.185. The highest BCUT2D eigenvalue weighted by Crippen LogP contribution is 2.18. The smallest absolute Gasteiger partial charge is 0.207 e. The first-order valence-electron chi connectivity index (χ1n) is 6.25. The van der Waals surface area contributed by atoms with E-state index in [-0.39, 0.29) is 5.82 Å². The third kappa shape index (κ3) is 2.88. The molecule has 3 nitrogen and oxygen atoms in total. The molecule has 0 aliphatic heterocycles. The van der Waals surface area contributed by atoms with Crippen molar-refractivity contribution in [2.24, 2.45) is 0 Å². The lowest BCUT2D eigenvalue weighted by atomic mass is 10.2. The zero-order chi connectivity index (χ0) is 13.0. The first kappa shape index (κ1) is 12.6. The number of halogens is 1. The molecular weight excluding hydrogens is 229 g/mol. The molecule has 4 heteroatoms. The van der Waals surface area contributed by atoms with E-state index in [0.29, 0.717) is 5.56 Å². The van der Waals surface area contributed by atoms with Gasteiger partial charge in [0.25, 0.3) is 0 Å². The maximum Gasteiger partial charge on any atom is 0.207 e. The molecule has 1 aromatic carbocycles. The van der Waals surface area contributed by atoms with Crippen molar-refractivity contribution < 1.29 is 4.39 Å². The normalized spacial score (nSPS) is 10.6. The van der Waals surface area contributed by atoms with Gasteiger partial charge in [0.15, 0.2) is 0 Å². The van der Waals surface area contributed by atoms with Crippen LogP contribution in [0.1, 0.15) is 25.3 Å². The van der Waals surface area contributed by atoms with Crippen LogP contribution in [0.5, 0.6) is 0 Å². The molecule has 0 aliphatic rings. The van der Waals surface area contributed by atoms with Crippen molar-refractivity contribution in [3.05, 3.63) is 42.0 Å². The summed E-state index contributed by atoms with van der Waals surface area (Å²) in [5.74, 6) is 0.615. The van der Waals surface area contributed by atoms with Crippen LogP contribution in [0.3, 0.4) is 0 Å². The van der Waals surface area contributed by atoms with Gasteiger partial charge in [0, 0.05) is 24.6 Å². The Morgan fingerprint density at radius 1 is 1.39 bits per heavy atom. The van der Waals surface area contributed by atoms with E-state index in [1.54, 1.807) is 25.3 Å². The van der Waals surface area contributed by atoms with Gasteiger partial charge in [-0.3, -0.25) is 0 Å². The van der Waals surface area contributed by atoms with E-state index in [2.05, 4.69) is 21.8 Å². The Hall–Kier alpha value is -1.84. The first-order chi connectivity index (χ1) is 8.70. The minimum atomic E-state index is -0.185. The van der Waals surface area contributed by atoms with Gasteiger partial charge in [0.2, 0.25) is 5.95 Å². The number of unbranched alkanes of at least 4 members (excludes halogenated alkanes) is 1. The molecule has 2 rings (SSSR count). The molecule has 1 heterocycles. The molecule has 0 fully saturated rings. The van der Waals surface area contributed by atoms with Crippen molar-refractivity contribution in [2.45, 2.75) is 33.2 Å². The Bertz CT molecular complexity index is 520. The molecule has 0 saturated heterocycles. The number of hydrogen-bond donors (Lipinski definition) is 1. The highest BCUT2D eigenvalue weighted by Gasteiger charge is 2.04. The lowest BCUT2D eigenvalue weighted by Crippen LogP contribution is -2.03. The Kier molecular flexibility index (Phi) is 3.97. The summed E-state index contributed by atoms with van der Waals surface area (Å²) in [5, 5.41) is 3.21. The quantitative estimate of drug-likeness (QED) is 0.869. The van der Waals surface area contributed by atoms with E-state index in [1.165, 1.54) is 6.07 Å². The minimum Gasteiger partial charge on any atom is -0.326 e. The van der Waals surface area contributed by atoms with Gasteiger partial charge in [-0.25, -0.2) is 9.37 Å². The summed E-state index contributed by atoms with van der Waals surface area (Å²) < 4.78 is 15.2. The monoisotopic (exact) mass is 247 g/mol. The molecule has 96 valence electrons. The molecule has 2 aromatic rings. The highest BCUT2D eigenvalue weighted by atomic mass is 19.1. The van der Waals surface area contributed by atoms with Crippen LogP contribution in [-0.4, -0.2) is 9.55 Å². The molecule has 1 N–H and O–H groups in total. The van der Waals surface area contributed by atoms with Crippen LogP contribution in [0.2, 0.25) is 0 Å². The number of hydrogen-bond acceptors (Lipinski definition) is 2. The van der Waals surface area contributed by atoms with Gasteiger partial charge in [0.1, 0.15) is 5.82 Å². The molecule has 1 aromatic heterocycles. The fraction of sp³-hybridized carbons (Fsp3) is 0.357. The molecule has 0 saturated carbocycles. The number of imidazole rings is 1. The fourth-order valence-corrected chi connectivity index (χ4v) is 1.79. The van der Waals surface area contributed by atoms with Crippen molar-refractivity contribution in [3.63, 3.8) is 0 Å². The maximum atomic E-state index is 13.2. The zero-order valence-corrected chi connectivity index (χ0v) is 10.8. The Morgan fingerprint density at radius 2 is 2.22 bits per heavy atom. The van der Waals surface area contributed by atoms with Crippen molar-refractivity contribution >= 4 is 11.6 Å². The van der Waals surface area contributed by atoms with Crippen molar-refractivity contribution in [2.75, 3.05) is 5.32 Å². The molecule has 18 heavy (non-hydrogen) atoms. The Labute approximate surface area is 107 Å². The number of nitrogens with zero attached hydrogens (tertiary/aromatic N) is 2. The molecule has 0 aliphatic carbocycles. The van der Waals surface area contributed by atoms with E-state index in [4.69, 9.17) is 0 Å². The third-order valence-corrected chi connectivity index (χ3v) is 2.88. The van der Waals surface area contributed by atoms with E-state index >= 15 is 0 Å². The van der Waals surface area contributed by atoms with E-state index in [9.17, 15) is 4.39 Å². The first-order valence-corrected chi connectivity index (χ1v) is 6.25. The van der Waals surface area contributed by atoms with Gasteiger partial charge < -0.3 is 9.88 Å². The summed E-state index contributed by atoms with van der Waals surface area (Å²) in [6.07, 6.45) is 5.99. The van der Waals surface area contributed by atoms with Crippen molar-refractivity contribution in [3.8, 4) is 0 Å². The maximum absolute atomic E-state index is 13.2. The summed E-state index contributed by atoms with van der Waals surface area (Å²) in [7, 11) is 0. The van der Waals surface area contributed by atoms with E-state index in [0.717, 1.165) is 31.0 Å². The predicted octanol–water partition coefficient (Wildman–Crippen LogP) is 3.87. The number of aromatic nitrogens is 2. The highest BCUT2D eigenvalue weighted by molar-refractivity contribution is 5.54. The number of aryl methyl sites for hydroxylation is 2. The molecule has 0 bridgehead atoms.